The van der Waals surface area contributed by atoms with E-state index in [-0.39, 0.29) is 0 Å². The molecule has 1 aromatic heterocycles. The van der Waals surface area contributed by atoms with Crippen LogP contribution in [0.2, 0.25) is 0 Å². The van der Waals surface area contributed by atoms with Gasteiger partial charge in [-0.1, -0.05) is 0 Å². The lowest BCUT2D eigenvalue weighted by molar-refractivity contribution is 0.703. The lowest BCUT2D eigenvalue weighted by Crippen LogP contribution is -1.96. The first kappa shape index (κ1) is 4.97. The van der Waals surface area contributed by atoms with Gasteiger partial charge >= 0.3 is 0 Å². The van der Waals surface area contributed by atoms with E-state index in [1.54, 1.807) is 4.68 Å². The van der Waals surface area contributed by atoms with Crippen LogP contribution in [-0.2, 0) is 7.05 Å². The number of rotatable bonds is 1. The fourth-order valence-corrected chi connectivity index (χ4v) is 0.961. The van der Waals surface area contributed by atoms with Crippen molar-refractivity contribution in [3.63, 3.8) is 0 Å². The van der Waals surface area contributed by atoms with Crippen molar-refractivity contribution < 1.29 is 0 Å². The Kier molecular flexibility index (Phi) is 0.860. The molecule has 1 aliphatic carbocycles. The van der Waals surface area contributed by atoms with Gasteiger partial charge < -0.3 is 0 Å². The van der Waals surface area contributed by atoms with Crippen LogP contribution in [0, 0.1) is 6.33 Å². The van der Waals surface area contributed by atoms with Crippen molar-refractivity contribution in [2.24, 2.45) is 7.05 Å². The standard InChI is InChI=1S/C6H8N3/c1-9-6(5-2-3-5)7-4-8-9/h5H,2-3H2,1H3. The third-order valence-electron chi connectivity index (χ3n) is 1.63. The molecule has 47 valence electrons. The van der Waals surface area contributed by atoms with Gasteiger partial charge in [0.15, 0.2) is 0 Å². The number of hydrogen-bond acceptors (Lipinski definition) is 2. The Morgan fingerprint density at radius 2 is 2.44 bits per heavy atom. The highest BCUT2D eigenvalue weighted by molar-refractivity contribution is 5.02. The zero-order chi connectivity index (χ0) is 6.27. The van der Waals surface area contributed by atoms with E-state index in [4.69, 9.17) is 0 Å². The maximum Gasteiger partial charge on any atom is 0.221 e. The molecule has 1 saturated carbocycles. The predicted molar refractivity (Wildman–Crippen MR) is 31.8 cm³/mol. The van der Waals surface area contributed by atoms with E-state index >= 15 is 0 Å². The smallest absolute Gasteiger partial charge is 0.221 e. The molecule has 3 nitrogen and oxygen atoms in total. The van der Waals surface area contributed by atoms with Crippen LogP contribution in [0.15, 0.2) is 0 Å². The van der Waals surface area contributed by atoms with E-state index in [9.17, 15) is 0 Å². The number of aryl methyl sites for hydroxylation is 1. The average Bonchev–Trinajstić information content (AvgIpc) is 2.58. The minimum atomic E-state index is 0.689. The molecule has 0 atom stereocenters. The summed E-state index contributed by atoms with van der Waals surface area (Å²) >= 11 is 0. The van der Waals surface area contributed by atoms with Gasteiger partial charge in [-0.3, -0.25) is 4.68 Å². The van der Waals surface area contributed by atoms with Crippen LogP contribution >= 0.6 is 0 Å². The Hall–Kier alpha value is -0.860. The van der Waals surface area contributed by atoms with Gasteiger partial charge in [-0.25, -0.2) is 4.98 Å². The van der Waals surface area contributed by atoms with Gasteiger partial charge in [0.2, 0.25) is 6.33 Å². The Bertz CT molecular complexity index is 212. The molecular weight excluding hydrogens is 114 g/mol. The fourth-order valence-electron chi connectivity index (χ4n) is 0.961. The van der Waals surface area contributed by atoms with E-state index in [1.165, 1.54) is 12.8 Å². The topological polar surface area (TPSA) is 30.7 Å². The monoisotopic (exact) mass is 122 g/mol. The molecule has 0 spiro atoms. The quantitative estimate of drug-likeness (QED) is 0.542. The van der Waals surface area contributed by atoms with Crippen molar-refractivity contribution in [1.29, 1.82) is 0 Å². The van der Waals surface area contributed by atoms with E-state index in [0.29, 0.717) is 5.92 Å². The van der Waals surface area contributed by atoms with Crippen LogP contribution in [0.3, 0.4) is 0 Å². The summed E-state index contributed by atoms with van der Waals surface area (Å²) in [5, 5.41) is 3.86. The Balaban J connectivity index is 2.35. The van der Waals surface area contributed by atoms with E-state index in [0.717, 1.165) is 5.82 Å². The molecule has 0 amide bonds. The van der Waals surface area contributed by atoms with Crippen LogP contribution in [0.5, 0.6) is 0 Å². The molecule has 0 aromatic carbocycles. The number of nitrogens with zero attached hydrogens (tertiary/aromatic N) is 3. The summed E-state index contributed by atoms with van der Waals surface area (Å²) in [4.78, 5) is 4.00. The summed E-state index contributed by atoms with van der Waals surface area (Å²) in [7, 11) is 1.91. The van der Waals surface area contributed by atoms with Crippen LogP contribution < -0.4 is 0 Å². The normalized spacial score (nSPS) is 18.3. The first-order valence-electron chi connectivity index (χ1n) is 3.15. The van der Waals surface area contributed by atoms with Gasteiger partial charge in [-0.15, -0.1) is 5.10 Å². The molecule has 0 bridgehead atoms. The summed E-state index contributed by atoms with van der Waals surface area (Å²) in [6, 6.07) is 0. The second kappa shape index (κ2) is 1.56. The van der Waals surface area contributed by atoms with Crippen molar-refractivity contribution >= 4 is 0 Å². The summed E-state index contributed by atoms with van der Waals surface area (Å²) in [5.74, 6) is 1.78. The first-order valence-corrected chi connectivity index (χ1v) is 3.15. The van der Waals surface area contributed by atoms with E-state index < -0.39 is 0 Å². The maximum absolute atomic E-state index is 4.00. The molecule has 1 fully saturated rings. The van der Waals surface area contributed by atoms with Crippen LogP contribution in [-0.4, -0.2) is 14.8 Å². The minimum absolute atomic E-state index is 0.689. The summed E-state index contributed by atoms with van der Waals surface area (Å²) in [6.07, 6.45) is 5.14. The van der Waals surface area contributed by atoms with Crippen molar-refractivity contribution in [2.75, 3.05) is 0 Å². The molecule has 1 aliphatic rings. The van der Waals surface area contributed by atoms with Crippen molar-refractivity contribution in [3.8, 4) is 0 Å². The largest absolute Gasteiger partial charge is 0.252 e. The van der Waals surface area contributed by atoms with Crippen LogP contribution in [0.25, 0.3) is 0 Å². The zero-order valence-electron chi connectivity index (χ0n) is 5.33. The second-order valence-electron chi connectivity index (χ2n) is 2.47. The minimum Gasteiger partial charge on any atom is -0.252 e. The predicted octanol–water partition coefficient (Wildman–Crippen LogP) is 0.493. The summed E-state index contributed by atoms with van der Waals surface area (Å²) in [5.41, 5.74) is 0. The molecule has 1 heterocycles. The fraction of sp³-hybridized carbons (Fsp3) is 0.667. The number of aromatic nitrogens is 3. The van der Waals surface area contributed by atoms with Crippen molar-refractivity contribution in [2.45, 2.75) is 18.8 Å². The highest BCUT2D eigenvalue weighted by Gasteiger charge is 2.27. The maximum atomic E-state index is 4.00. The van der Waals surface area contributed by atoms with Gasteiger partial charge in [0.25, 0.3) is 0 Å². The molecule has 9 heavy (non-hydrogen) atoms. The Morgan fingerprint density at radius 3 is 2.89 bits per heavy atom. The molecule has 3 heteroatoms. The highest BCUT2D eigenvalue weighted by Crippen LogP contribution is 2.38. The van der Waals surface area contributed by atoms with Gasteiger partial charge in [-0.2, -0.15) is 0 Å². The highest BCUT2D eigenvalue weighted by atomic mass is 15.3. The van der Waals surface area contributed by atoms with Gasteiger partial charge in [0.05, 0.1) is 0 Å². The Morgan fingerprint density at radius 1 is 1.67 bits per heavy atom. The molecule has 2 rings (SSSR count). The van der Waals surface area contributed by atoms with Crippen molar-refractivity contribution in [3.05, 3.63) is 12.2 Å². The van der Waals surface area contributed by atoms with Gasteiger partial charge in [0, 0.05) is 13.0 Å². The molecule has 1 aromatic rings. The average molecular weight is 122 g/mol. The molecule has 1 radical (unpaired) electrons. The van der Waals surface area contributed by atoms with Gasteiger partial charge in [-0.05, 0) is 12.8 Å². The molecule has 0 aliphatic heterocycles. The summed E-state index contributed by atoms with van der Waals surface area (Å²) in [6.45, 7) is 0. The lowest BCUT2D eigenvalue weighted by Gasteiger charge is -1.92. The molecule has 0 unspecified atom stereocenters. The summed E-state index contributed by atoms with van der Waals surface area (Å²) < 4.78 is 1.80. The Labute approximate surface area is 53.7 Å². The SMILES string of the molecule is Cn1n[c]nc1C1CC1. The molecule has 0 saturated heterocycles. The third-order valence-corrected chi connectivity index (χ3v) is 1.63. The van der Waals surface area contributed by atoms with E-state index in [2.05, 4.69) is 16.4 Å². The first-order chi connectivity index (χ1) is 4.38. The van der Waals surface area contributed by atoms with Crippen LogP contribution in [0.4, 0.5) is 0 Å². The number of hydrogen-bond donors (Lipinski definition) is 0. The van der Waals surface area contributed by atoms with Crippen molar-refractivity contribution in [1.82, 2.24) is 14.8 Å². The third kappa shape index (κ3) is 0.724. The lowest BCUT2D eigenvalue weighted by atomic mass is 10.4. The van der Waals surface area contributed by atoms with Crippen LogP contribution in [0.1, 0.15) is 24.6 Å². The molecular formula is C6H8N3. The second-order valence-corrected chi connectivity index (χ2v) is 2.47. The zero-order valence-corrected chi connectivity index (χ0v) is 5.33. The van der Waals surface area contributed by atoms with Gasteiger partial charge in [0.1, 0.15) is 5.82 Å². The molecule has 0 N–H and O–H groups in total. The van der Waals surface area contributed by atoms with E-state index in [1.807, 2.05) is 7.05 Å².